The van der Waals surface area contributed by atoms with E-state index in [1.165, 1.54) is 5.56 Å². The van der Waals surface area contributed by atoms with E-state index in [0.717, 1.165) is 44.8 Å². The van der Waals surface area contributed by atoms with Crippen molar-refractivity contribution in [2.75, 3.05) is 31.6 Å². The van der Waals surface area contributed by atoms with E-state index in [1.54, 1.807) is 19.4 Å². The van der Waals surface area contributed by atoms with Gasteiger partial charge < -0.3 is 14.5 Å². The van der Waals surface area contributed by atoms with Crippen LogP contribution in [0.5, 0.6) is 5.88 Å². The van der Waals surface area contributed by atoms with E-state index in [9.17, 15) is 4.79 Å². The number of rotatable bonds is 4. The molecular weight excluding hydrogens is 340 g/mol. The number of piperidine rings is 2. The molecule has 0 N–H and O–H groups in total. The van der Waals surface area contributed by atoms with Crippen LogP contribution in [-0.4, -0.2) is 47.5 Å². The number of aromatic nitrogens is 2. The SMILES string of the molecule is COc1ccnc(N2CCC3(CCC(=O)N(Cc4ccccc4)C3)CC2)n1. The minimum absolute atomic E-state index is 0.220. The lowest BCUT2D eigenvalue weighted by Gasteiger charge is -2.47. The summed E-state index contributed by atoms with van der Waals surface area (Å²) in [7, 11) is 1.62. The Labute approximate surface area is 160 Å². The summed E-state index contributed by atoms with van der Waals surface area (Å²) in [6, 6.07) is 12.0. The molecule has 1 aromatic carbocycles. The summed E-state index contributed by atoms with van der Waals surface area (Å²) in [5.74, 6) is 1.61. The number of methoxy groups -OCH3 is 1. The Morgan fingerprint density at radius 3 is 2.63 bits per heavy atom. The average Bonchev–Trinajstić information content (AvgIpc) is 2.72. The van der Waals surface area contributed by atoms with E-state index in [1.807, 2.05) is 18.2 Å². The van der Waals surface area contributed by atoms with Crippen LogP contribution in [0.4, 0.5) is 5.95 Å². The molecule has 27 heavy (non-hydrogen) atoms. The van der Waals surface area contributed by atoms with Gasteiger partial charge in [0.15, 0.2) is 0 Å². The first-order valence-electron chi connectivity index (χ1n) is 9.61. The van der Waals surface area contributed by atoms with Crippen molar-refractivity contribution < 1.29 is 9.53 Å². The Balaban J connectivity index is 1.41. The first kappa shape index (κ1) is 17.8. The summed E-state index contributed by atoms with van der Waals surface area (Å²) in [4.78, 5) is 25.6. The monoisotopic (exact) mass is 366 g/mol. The van der Waals surface area contributed by atoms with Gasteiger partial charge in [-0.25, -0.2) is 4.98 Å². The molecule has 2 aromatic rings. The van der Waals surface area contributed by atoms with Crippen LogP contribution >= 0.6 is 0 Å². The molecule has 0 radical (unpaired) electrons. The van der Waals surface area contributed by atoms with Crippen LogP contribution in [0.3, 0.4) is 0 Å². The topological polar surface area (TPSA) is 58.6 Å². The van der Waals surface area contributed by atoms with Gasteiger partial charge in [-0.05, 0) is 30.2 Å². The molecular formula is C21H26N4O2. The third-order valence-electron chi connectivity index (χ3n) is 5.90. The van der Waals surface area contributed by atoms with Gasteiger partial charge in [0, 0.05) is 44.9 Å². The second-order valence-electron chi connectivity index (χ2n) is 7.62. The van der Waals surface area contributed by atoms with Gasteiger partial charge >= 0.3 is 0 Å². The first-order chi connectivity index (χ1) is 13.2. The van der Waals surface area contributed by atoms with Gasteiger partial charge in [-0.1, -0.05) is 30.3 Å². The molecule has 1 spiro atoms. The molecule has 3 heterocycles. The summed E-state index contributed by atoms with van der Waals surface area (Å²) in [6.45, 7) is 3.40. The van der Waals surface area contributed by atoms with Gasteiger partial charge in [0.2, 0.25) is 17.7 Å². The number of hydrogen-bond acceptors (Lipinski definition) is 5. The van der Waals surface area contributed by atoms with Crippen LogP contribution in [0, 0.1) is 5.41 Å². The molecule has 1 aromatic heterocycles. The normalized spacial score (nSPS) is 19.4. The van der Waals surface area contributed by atoms with E-state index < -0.39 is 0 Å². The highest BCUT2D eigenvalue weighted by Crippen LogP contribution is 2.41. The maximum Gasteiger partial charge on any atom is 0.228 e. The van der Waals surface area contributed by atoms with Gasteiger partial charge in [-0.3, -0.25) is 4.79 Å². The minimum atomic E-state index is 0.220. The number of amides is 1. The number of carbonyl (C=O) groups excluding carboxylic acids is 1. The lowest BCUT2D eigenvalue weighted by molar-refractivity contribution is -0.139. The second-order valence-corrected chi connectivity index (χ2v) is 7.62. The van der Waals surface area contributed by atoms with Crippen molar-refractivity contribution in [3.8, 4) is 5.88 Å². The quantitative estimate of drug-likeness (QED) is 0.833. The molecule has 2 saturated heterocycles. The van der Waals surface area contributed by atoms with Crippen molar-refractivity contribution in [2.45, 2.75) is 32.2 Å². The molecule has 1 amide bonds. The predicted octanol–water partition coefficient (Wildman–Crippen LogP) is 2.89. The number of anilines is 1. The first-order valence-corrected chi connectivity index (χ1v) is 9.61. The number of benzene rings is 1. The van der Waals surface area contributed by atoms with Crippen LogP contribution in [0.15, 0.2) is 42.6 Å². The van der Waals surface area contributed by atoms with Crippen LogP contribution in [-0.2, 0) is 11.3 Å². The molecule has 0 atom stereocenters. The van der Waals surface area contributed by atoms with Crippen molar-refractivity contribution in [3.05, 3.63) is 48.2 Å². The molecule has 4 rings (SSSR count). The molecule has 142 valence electrons. The number of ether oxygens (including phenoxy) is 1. The Bertz CT molecular complexity index is 788. The molecule has 0 bridgehead atoms. The van der Waals surface area contributed by atoms with E-state index in [-0.39, 0.29) is 11.3 Å². The van der Waals surface area contributed by atoms with Crippen molar-refractivity contribution in [1.82, 2.24) is 14.9 Å². The Morgan fingerprint density at radius 2 is 1.89 bits per heavy atom. The van der Waals surface area contributed by atoms with Gasteiger partial charge in [-0.2, -0.15) is 4.98 Å². The largest absolute Gasteiger partial charge is 0.481 e. The van der Waals surface area contributed by atoms with Crippen LogP contribution in [0.25, 0.3) is 0 Å². The summed E-state index contributed by atoms with van der Waals surface area (Å²) in [5.41, 5.74) is 1.42. The summed E-state index contributed by atoms with van der Waals surface area (Å²) in [6.07, 6.45) is 5.51. The molecule has 0 unspecified atom stereocenters. The zero-order valence-electron chi connectivity index (χ0n) is 15.8. The highest BCUT2D eigenvalue weighted by molar-refractivity contribution is 5.77. The van der Waals surface area contributed by atoms with Crippen molar-refractivity contribution in [1.29, 1.82) is 0 Å². The lowest BCUT2D eigenvalue weighted by atomic mass is 9.72. The third kappa shape index (κ3) is 3.89. The standard InChI is InChI=1S/C21H26N4O2/c1-27-18-8-12-22-20(23-18)24-13-10-21(11-14-24)9-7-19(26)25(16-21)15-17-5-3-2-4-6-17/h2-6,8,12H,7,9-11,13-16H2,1H3. The molecule has 0 saturated carbocycles. The maximum atomic E-state index is 12.5. The van der Waals surface area contributed by atoms with Gasteiger partial charge in [0.25, 0.3) is 0 Å². The van der Waals surface area contributed by atoms with Crippen molar-refractivity contribution in [2.24, 2.45) is 5.41 Å². The predicted molar refractivity (Wildman–Crippen MR) is 104 cm³/mol. The average molecular weight is 366 g/mol. The summed E-state index contributed by atoms with van der Waals surface area (Å²) < 4.78 is 5.22. The van der Waals surface area contributed by atoms with Crippen LogP contribution in [0.1, 0.15) is 31.2 Å². The van der Waals surface area contributed by atoms with Gasteiger partial charge in [-0.15, -0.1) is 0 Å². The van der Waals surface area contributed by atoms with Crippen molar-refractivity contribution in [3.63, 3.8) is 0 Å². The lowest BCUT2D eigenvalue weighted by Crippen LogP contribution is -2.51. The second kappa shape index (κ2) is 7.55. The smallest absolute Gasteiger partial charge is 0.228 e. The number of carbonyl (C=O) groups is 1. The zero-order valence-corrected chi connectivity index (χ0v) is 15.8. The van der Waals surface area contributed by atoms with Crippen LogP contribution < -0.4 is 9.64 Å². The highest BCUT2D eigenvalue weighted by Gasteiger charge is 2.41. The van der Waals surface area contributed by atoms with E-state index in [4.69, 9.17) is 4.74 Å². The minimum Gasteiger partial charge on any atom is -0.481 e. The fraction of sp³-hybridized carbons (Fsp3) is 0.476. The summed E-state index contributed by atoms with van der Waals surface area (Å²) >= 11 is 0. The Kier molecular flexibility index (Phi) is 4.97. The molecule has 6 heteroatoms. The highest BCUT2D eigenvalue weighted by atomic mass is 16.5. The fourth-order valence-electron chi connectivity index (χ4n) is 4.24. The Hall–Kier alpha value is -2.63. The third-order valence-corrected chi connectivity index (χ3v) is 5.90. The molecule has 2 fully saturated rings. The van der Waals surface area contributed by atoms with Gasteiger partial charge in [0.1, 0.15) is 0 Å². The van der Waals surface area contributed by atoms with Crippen molar-refractivity contribution >= 4 is 11.9 Å². The van der Waals surface area contributed by atoms with E-state index in [0.29, 0.717) is 18.8 Å². The van der Waals surface area contributed by atoms with Crippen LogP contribution in [0.2, 0.25) is 0 Å². The Morgan fingerprint density at radius 1 is 1.11 bits per heavy atom. The fourth-order valence-corrected chi connectivity index (χ4v) is 4.24. The van der Waals surface area contributed by atoms with E-state index in [2.05, 4.69) is 31.9 Å². The molecule has 2 aliphatic heterocycles. The molecule has 0 aliphatic carbocycles. The maximum absolute atomic E-state index is 12.5. The number of likely N-dealkylation sites (tertiary alicyclic amines) is 1. The zero-order chi connectivity index (χ0) is 18.7. The van der Waals surface area contributed by atoms with Gasteiger partial charge in [0.05, 0.1) is 7.11 Å². The number of hydrogen-bond donors (Lipinski definition) is 0. The molecule has 2 aliphatic rings. The molecule has 6 nitrogen and oxygen atoms in total. The summed E-state index contributed by atoms with van der Waals surface area (Å²) in [5, 5.41) is 0. The van der Waals surface area contributed by atoms with E-state index >= 15 is 0 Å². The number of nitrogens with zero attached hydrogens (tertiary/aromatic N) is 4.